The summed E-state index contributed by atoms with van der Waals surface area (Å²) in [6.45, 7) is 18.1. The molecule has 3 aliphatic carbocycles. The molecular formula is C24H42O2. The summed E-state index contributed by atoms with van der Waals surface area (Å²) in [4.78, 5) is 13.7. The highest BCUT2D eigenvalue weighted by molar-refractivity contribution is 5.83. The van der Waals surface area contributed by atoms with E-state index in [9.17, 15) is 4.79 Å². The summed E-state index contributed by atoms with van der Waals surface area (Å²) in [6.07, 6.45) is 8.56. The molecule has 0 aromatic carbocycles. The molecule has 3 fully saturated rings. The number of rotatable bonds is 3. The van der Waals surface area contributed by atoms with Crippen molar-refractivity contribution in [3.05, 3.63) is 0 Å². The second-order valence-corrected chi connectivity index (χ2v) is 11.6. The topological polar surface area (TPSA) is 26.3 Å². The number of ether oxygens (including phenoxy) is 1. The minimum Gasteiger partial charge on any atom is -0.458 e. The van der Waals surface area contributed by atoms with Crippen molar-refractivity contribution in [2.24, 2.45) is 39.9 Å². The number of fused-ring (bicyclic) bond motifs is 2. The summed E-state index contributed by atoms with van der Waals surface area (Å²) in [5.41, 5.74) is -0.625. The van der Waals surface area contributed by atoms with Crippen molar-refractivity contribution in [2.45, 2.75) is 106 Å². The van der Waals surface area contributed by atoms with Gasteiger partial charge in [-0.2, -0.15) is 0 Å². The normalized spacial score (nSPS) is 44.9. The highest BCUT2D eigenvalue weighted by atomic mass is 16.6. The van der Waals surface area contributed by atoms with Crippen LogP contribution in [0.3, 0.4) is 0 Å². The summed E-state index contributed by atoms with van der Waals surface area (Å²) in [6, 6.07) is 0. The van der Waals surface area contributed by atoms with Gasteiger partial charge in [0.1, 0.15) is 5.60 Å². The van der Waals surface area contributed by atoms with Crippen LogP contribution in [-0.2, 0) is 9.53 Å². The predicted octanol–water partition coefficient (Wildman–Crippen LogP) is 6.62. The monoisotopic (exact) mass is 362 g/mol. The number of esters is 1. The van der Waals surface area contributed by atoms with Crippen molar-refractivity contribution in [3.8, 4) is 0 Å². The Morgan fingerprint density at radius 3 is 2.19 bits per heavy atom. The van der Waals surface area contributed by atoms with Crippen molar-refractivity contribution < 1.29 is 9.53 Å². The molecule has 0 radical (unpaired) electrons. The summed E-state index contributed by atoms with van der Waals surface area (Å²) < 4.78 is 6.64. The zero-order valence-corrected chi connectivity index (χ0v) is 18.6. The van der Waals surface area contributed by atoms with E-state index in [1.807, 2.05) is 0 Å². The lowest BCUT2D eigenvalue weighted by Gasteiger charge is -2.52. The molecule has 26 heavy (non-hydrogen) atoms. The van der Waals surface area contributed by atoms with Crippen LogP contribution in [0.4, 0.5) is 0 Å². The van der Waals surface area contributed by atoms with Crippen molar-refractivity contribution in [1.29, 1.82) is 0 Å². The fraction of sp³-hybridized carbons (Fsp3) is 0.958. The average molecular weight is 363 g/mol. The highest BCUT2D eigenvalue weighted by Gasteiger charge is 2.73. The van der Waals surface area contributed by atoms with Crippen LogP contribution in [0.25, 0.3) is 0 Å². The summed E-state index contributed by atoms with van der Waals surface area (Å²) >= 11 is 0. The molecule has 0 spiro atoms. The van der Waals surface area contributed by atoms with E-state index < -0.39 is 0 Å². The molecule has 3 saturated carbocycles. The van der Waals surface area contributed by atoms with Crippen LogP contribution in [-0.4, -0.2) is 11.6 Å². The Morgan fingerprint density at radius 2 is 1.69 bits per heavy atom. The van der Waals surface area contributed by atoms with E-state index in [2.05, 4.69) is 55.4 Å². The smallest absolute Gasteiger partial charge is 0.313 e. The van der Waals surface area contributed by atoms with Crippen molar-refractivity contribution in [2.75, 3.05) is 0 Å². The molecule has 0 aromatic heterocycles. The van der Waals surface area contributed by atoms with Gasteiger partial charge in [0.25, 0.3) is 0 Å². The molecule has 0 heterocycles. The number of hydrogen-bond acceptors (Lipinski definition) is 2. The molecule has 2 bridgehead atoms. The van der Waals surface area contributed by atoms with Gasteiger partial charge in [-0.05, 0) is 61.2 Å². The average Bonchev–Trinajstić information content (AvgIpc) is 3.15. The standard InChI is InChI=1S/C24H42O2/c1-9-18-14-17-12-10-11-13-19(16(17)2)23(18,8)26-20(25)24(21(3,4)5)15-22(24,6)7/h16-19H,9-15H2,1-8H3. The van der Waals surface area contributed by atoms with Crippen LogP contribution in [0.5, 0.6) is 0 Å². The van der Waals surface area contributed by atoms with Crippen LogP contribution in [0.2, 0.25) is 0 Å². The molecule has 2 heteroatoms. The number of carbonyl (C=O) groups is 1. The molecule has 0 N–H and O–H groups in total. The second-order valence-electron chi connectivity index (χ2n) is 11.6. The third-order valence-corrected chi connectivity index (χ3v) is 9.02. The highest BCUT2D eigenvalue weighted by Crippen LogP contribution is 2.72. The lowest BCUT2D eigenvalue weighted by molar-refractivity contribution is -0.199. The lowest BCUT2D eigenvalue weighted by Crippen LogP contribution is -2.55. The molecule has 0 aliphatic heterocycles. The Labute approximate surface area is 161 Å². The van der Waals surface area contributed by atoms with Crippen molar-refractivity contribution in [1.82, 2.24) is 0 Å². The molecule has 3 aliphatic rings. The molecule has 150 valence electrons. The van der Waals surface area contributed by atoms with E-state index in [0.29, 0.717) is 17.8 Å². The Balaban J connectivity index is 1.92. The molecule has 6 atom stereocenters. The minimum absolute atomic E-state index is 0.0483. The van der Waals surface area contributed by atoms with Gasteiger partial charge >= 0.3 is 5.97 Å². The van der Waals surface area contributed by atoms with Gasteiger partial charge in [0.15, 0.2) is 0 Å². The molecule has 6 unspecified atom stereocenters. The van der Waals surface area contributed by atoms with Crippen molar-refractivity contribution in [3.63, 3.8) is 0 Å². The Bertz CT molecular complexity index is 557. The van der Waals surface area contributed by atoms with Gasteiger partial charge in [-0.15, -0.1) is 0 Å². The van der Waals surface area contributed by atoms with Gasteiger partial charge in [-0.3, -0.25) is 4.79 Å². The maximum atomic E-state index is 13.7. The SMILES string of the molecule is CCC1CC2CCCCC(C2C)C1(C)OC(=O)C1(C(C)(C)C)CC1(C)C. The number of hydrogen-bond donors (Lipinski definition) is 0. The van der Waals surface area contributed by atoms with Gasteiger partial charge in [-0.1, -0.05) is 67.7 Å². The molecule has 3 rings (SSSR count). The van der Waals surface area contributed by atoms with Gasteiger partial charge in [0.2, 0.25) is 0 Å². The third kappa shape index (κ3) is 2.76. The van der Waals surface area contributed by atoms with Crippen LogP contribution in [0.1, 0.15) is 100 Å². The first-order chi connectivity index (χ1) is 11.9. The molecular weight excluding hydrogens is 320 g/mol. The van der Waals surface area contributed by atoms with E-state index in [4.69, 9.17) is 4.74 Å². The molecule has 0 saturated heterocycles. The largest absolute Gasteiger partial charge is 0.458 e. The van der Waals surface area contributed by atoms with E-state index in [-0.39, 0.29) is 27.8 Å². The summed E-state index contributed by atoms with van der Waals surface area (Å²) in [7, 11) is 0. The van der Waals surface area contributed by atoms with Crippen LogP contribution in [0, 0.1) is 39.9 Å². The van der Waals surface area contributed by atoms with Crippen LogP contribution in [0.15, 0.2) is 0 Å². The molecule has 0 aromatic rings. The quantitative estimate of drug-likeness (QED) is 0.527. The zero-order chi connectivity index (χ0) is 19.5. The van der Waals surface area contributed by atoms with E-state index in [0.717, 1.165) is 18.8 Å². The van der Waals surface area contributed by atoms with Gasteiger partial charge in [0, 0.05) is 5.92 Å². The third-order valence-electron chi connectivity index (χ3n) is 9.02. The van der Waals surface area contributed by atoms with Crippen LogP contribution >= 0.6 is 0 Å². The predicted molar refractivity (Wildman–Crippen MR) is 108 cm³/mol. The summed E-state index contributed by atoms with van der Waals surface area (Å²) in [5.74, 6) is 2.63. The fourth-order valence-electron chi connectivity index (χ4n) is 7.24. The zero-order valence-electron chi connectivity index (χ0n) is 18.6. The van der Waals surface area contributed by atoms with Crippen LogP contribution < -0.4 is 0 Å². The first-order valence-electron chi connectivity index (χ1n) is 11.1. The first kappa shape index (κ1) is 20.2. The Hall–Kier alpha value is -0.530. The molecule has 0 amide bonds. The van der Waals surface area contributed by atoms with Gasteiger partial charge in [0.05, 0.1) is 5.41 Å². The fourth-order valence-corrected chi connectivity index (χ4v) is 7.24. The maximum Gasteiger partial charge on any atom is 0.313 e. The minimum atomic E-state index is -0.327. The van der Waals surface area contributed by atoms with E-state index in [1.54, 1.807) is 0 Å². The second kappa shape index (κ2) is 6.24. The van der Waals surface area contributed by atoms with E-state index >= 15 is 0 Å². The first-order valence-corrected chi connectivity index (χ1v) is 11.1. The van der Waals surface area contributed by atoms with Gasteiger partial charge < -0.3 is 4.74 Å². The number of carbonyl (C=O) groups excluding carboxylic acids is 1. The lowest BCUT2D eigenvalue weighted by atomic mass is 9.59. The molecule has 2 nitrogen and oxygen atoms in total. The van der Waals surface area contributed by atoms with Gasteiger partial charge in [-0.25, -0.2) is 0 Å². The van der Waals surface area contributed by atoms with E-state index in [1.165, 1.54) is 32.1 Å². The maximum absolute atomic E-state index is 13.7. The Kier molecular flexibility index (Phi) is 4.85. The summed E-state index contributed by atoms with van der Waals surface area (Å²) in [5, 5.41) is 0. The van der Waals surface area contributed by atoms with Crippen molar-refractivity contribution >= 4 is 5.97 Å². The Morgan fingerprint density at radius 1 is 1.12 bits per heavy atom.